The van der Waals surface area contributed by atoms with Crippen LogP contribution in [0.2, 0.25) is 0 Å². The highest BCUT2D eigenvalue weighted by molar-refractivity contribution is 5.73. The average Bonchev–Trinajstić information content (AvgIpc) is 3.29. The van der Waals surface area contributed by atoms with Crippen molar-refractivity contribution < 1.29 is 99.6 Å². The quantitative estimate of drug-likeness (QED) is 0.0660. The molecule has 3 heterocycles. The van der Waals surface area contributed by atoms with Crippen molar-refractivity contribution in [1.82, 2.24) is 0 Å². The van der Waals surface area contributed by atoms with Gasteiger partial charge in [0.15, 0.2) is 18.7 Å². The molecule has 8 rings (SSSR count). The molecule has 0 aromatic carbocycles. The Bertz CT molecular complexity index is 1800. The molecule has 4 saturated carbocycles. The first-order chi connectivity index (χ1) is 31.4. The van der Waals surface area contributed by atoms with Crippen molar-refractivity contribution in [2.24, 2.45) is 63.6 Å². The molecule has 0 aromatic heterocycles. The fourth-order valence-electron chi connectivity index (χ4n) is 14.8. The van der Waals surface area contributed by atoms with E-state index in [4.69, 9.17) is 28.4 Å². The fourth-order valence-corrected chi connectivity index (χ4v) is 14.8. The summed E-state index contributed by atoms with van der Waals surface area (Å²) in [5.74, 6) is -3.40. The minimum atomic E-state index is -3.07. The standard InChI is InChI=1S/C47H76O20/c1-18-13-22(21-11-12-44(4)23-9-10-29-45(5,14-26(50)38(57)46(29,6)17-49)24(23)7-8-25(44)30(21)19(18)2)40(59)67-42-34(54)32(52)31(51)28(65-42)16-62-41-35(55)33(53)36(27(15-48)64-41)66-43-39(58)47(60,61)37(56)20(3)63-43/h8,18-24,26-39,41-43,48-58,60-61H,7,9-17H2,1-6H3/t18?,19?,20?,21?,22?,23?,24?,26?,27?,28?,29?,30?,31-,32?,33?,34+,35+,36-,37+,38?,39-,41?,42?,43?,44?,45?,46?/m1/s1. The van der Waals surface area contributed by atoms with E-state index in [9.17, 15) is 71.2 Å². The molecule has 0 aromatic rings. The minimum absolute atomic E-state index is 0.0385. The van der Waals surface area contributed by atoms with Crippen molar-refractivity contribution in [2.75, 3.05) is 19.8 Å². The van der Waals surface area contributed by atoms with E-state index < -0.39 is 135 Å². The van der Waals surface area contributed by atoms with Gasteiger partial charge >= 0.3 is 5.97 Å². The van der Waals surface area contributed by atoms with Gasteiger partial charge in [-0.05, 0) is 104 Å². The number of aliphatic hydroxyl groups is 13. The number of hydrogen-bond donors (Lipinski definition) is 13. The predicted molar refractivity (Wildman–Crippen MR) is 228 cm³/mol. The van der Waals surface area contributed by atoms with Gasteiger partial charge in [0.2, 0.25) is 12.1 Å². The Morgan fingerprint density at radius 1 is 0.761 bits per heavy atom. The summed E-state index contributed by atoms with van der Waals surface area (Å²) >= 11 is 0. The van der Waals surface area contributed by atoms with E-state index in [-0.39, 0.29) is 52.9 Å². The summed E-state index contributed by atoms with van der Waals surface area (Å²) in [5, 5.41) is 139. The molecule has 13 N–H and O–H groups in total. The summed E-state index contributed by atoms with van der Waals surface area (Å²) in [6.45, 7) is 10.4. The smallest absolute Gasteiger partial charge is 0.311 e. The van der Waals surface area contributed by atoms with E-state index in [0.29, 0.717) is 18.8 Å². The predicted octanol–water partition coefficient (Wildman–Crippen LogP) is -2.25. The van der Waals surface area contributed by atoms with Crippen LogP contribution < -0.4 is 0 Å². The van der Waals surface area contributed by atoms with Crippen LogP contribution in [0, 0.1) is 63.6 Å². The molecule has 0 bridgehead atoms. The van der Waals surface area contributed by atoms with Crippen LogP contribution in [0.25, 0.3) is 0 Å². The third kappa shape index (κ3) is 8.37. The monoisotopic (exact) mass is 960 g/mol. The lowest BCUT2D eigenvalue weighted by molar-refractivity contribution is -0.404. The average molecular weight is 961 g/mol. The topological polar surface area (TPSA) is 335 Å². The number of hydrogen-bond acceptors (Lipinski definition) is 20. The van der Waals surface area contributed by atoms with Crippen LogP contribution in [0.15, 0.2) is 11.6 Å². The zero-order chi connectivity index (χ0) is 49.0. The van der Waals surface area contributed by atoms with E-state index in [0.717, 1.165) is 32.1 Å². The zero-order valence-corrected chi connectivity index (χ0v) is 39.2. The van der Waals surface area contributed by atoms with Crippen molar-refractivity contribution in [2.45, 2.75) is 190 Å². The second kappa shape index (κ2) is 18.8. The van der Waals surface area contributed by atoms with Gasteiger partial charge in [-0.2, -0.15) is 0 Å². The summed E-state index contributed by atoms with van der Waals surface area (Å²) in [6.07, 6.45) is -19.1. The number of allylic oxidation sites excluding steroid dienone is 2. The summed E-state index contributed by atoms with van der Waals surface area (Å²) < 4.78 is 34.0. The molecule has 7 fully saturated rings. The summed E-state index contributed by atoms with van der Waals surface area (Å²) in [6, 6.07) is 0. The van der Waals surface area contributed by atoms with Gasteiger partial charge in [-0.25, -0.2) is 0 Å². The molecule has 384 valence electrons. The summed E-state index contributed by atoms with van der Waals surface area (Å²) in [7, 11) is 0. The first kappa shape index (κ1) is 51.8. The molecule has 67 heavy (non-hydrogen) atoms. The van der Waals surface area contributed by atoms with Crippen molar-refractivity contribution >= 4 is 5.97 Å². The van der Waals surface area contributed by atoms with Gasteiger partial charge in [-0.3, -0.25) is 4.79 Å². The highest BCUT2D eigenvalue weighted by Gasteiger charge is 2.66. The second-order valence-corrected chi connectivity index (χ2v) is 22.4. The number of aliphatic hydroxyl groups excluding tert-OH is 11. The molecule has 27 atom stereocenters. The SMILES string of the molecule is CC1CC(C(=O)OC2OC(COC3OC(CO)[C@@H](OC4OC(C)[C@H](O)C(O)(O)[C@@H]4O)C(O)[C@@H]3O)[C@@H](O)C(O)[C@@H]2O)C2CCC3(C)C(=CCC4C3CCC3C(C)(CO)C(O)C(O)CC43C)C2C1C. The van der Waals surface area contributed by atoms with Crippen molar-refractivity contribution in [3.63, 3.8) is 0 Å². The van der Waals surface area contributed by atoms with Crippen molar-refractivity contribution in [3.05, 3.63) is 11.6 Å². The Labute approximate surface area is 390 Å². The Balaban J connectivity index is 0.933. The largest absolute Gasteiger partial charge is 0.432 e. The highest BCUT2D eigenvalue weighted by atomic mass is 16.8. The maximum atomic E-state index is 14.4. The summed E-state index contributed by atoms with van der Waals surface area (Å²) in [5.41, 5.74) is 0.0505. The van der Waals surface area contributed by atoms with Gasteiger partial charge in [-0.15, -0.1) is 0 Å². The molecule has 3 saturated heterocycles. The molecule has 5 aliphatic carbocycles. The molecule has 8 aliphatic rings. The molecule has 20 nitrogen and oxygen atoms in total. The van der Waals surface area contributed by atoms with Crippen molar-refractivity contribution in [3.8, 4) is 0 Å². The van der Waals surface area contributed by atoms with Gasteiger partial charge in [0.05, 0.1) is 44.1 Å². The molecule has 0 amide bonds. The third-order valence-electron chi connectivity index (χ3n) is 18.9. The van der Waals surface area contributed by atoms with Crippen molar-refractivity contribution in [1.29, 1.82) is 0 Å². The molecule has 3 aliphatic heterocycles. The minimum Gasteiger partial charge on any atom is -0.432 e. The molecular weight excluding hydrogens is 884 g/mol. The van der Waals surface area contributed by atoms with Gasteiger partial charge in [0, 0.05) is 5.41 Å². The lowest BCUT2D eigenvalue weighted by atomic mass is 9.38. The first-order valence-corrected chi connectivity index (χ1v) is 24.3. The van der Waals surface area contributed by atoms with Crippen LogP contribution in [0.5, 0.6) is 0 Å². The lowest BCUT2D eigenvalue weighted by Gasteiger charge is -2.67. The maximum absolute atomic E-state index is 14.4. The Morgan fingerprint density at radius 3 is 2.10 bits per heavy atom. The van der Waals surface area contributed by atoms with Gasteiger partial charge in [0.1, 0.15) is 54.9 Å². The molecule has 0 spiro atoms. The van der Waals surface area contributed by atoms with Gasteiger partial charge in [0.25, 0.3) is 0 Å². The second-order valence-electron chi connectivity index (χ2n) is 22.4. The third-order valence-corrected chi connectivity index (χ3v) is 18.9. The van der Waals surface area contributed by atoms with Crippen LogP contribution >= 0.6 is 0 Å². The lowest BCUT2D eigenvalue weighted by Crippen LogP contribution is -2.68. The first-order valence-electron chi connectivity index (χ1n) is 24.3. The number of rotatable bonds is 9. The van der Waals surface area contributed by atoms with E-state index in [1.54, 1.807) is 0 Å². The number of esters is 1. The molecule has 20 heteroatoms. The van der Waals surface area contributed by atoms with E-state index >= 15 is 0 Å². The van der Waals surface area contributed by atoms with Gasteiger partial charge in [-0.1, -0.05) is 46.3 Å². The summed E-state index contributed by atoms with van der Waals surface area (Å²) in [4.78, 5) is 14.4. The zero-order valence-electron chi connectivity index (χ0n) is 39.2. The number of carbonyl (C=O) groups excluding carboxylic acids is 1. The number of carbonyl (C=O) groups is 1. The maximum Gasteiger partial charge on any atom is 0.311 e. The van der Waals surface area contributed by atoms with Crippen LogP contribution in [0.1, 0.15) is 86.5 Å². The number of fused-ring (bicyclic) bond motifs is 7. The molecular formula is C47H76O20. The van der Waals surface area contributed by atoms with E-state index in [2.05, 4.69) is 33.8 Å². The fraction of sp³-hybridized carbons (Fsp3) is 0.936. The van der Waals surface area contributed by atoms with Crippen LogP contribution in [-0.2, 0) is 33.2 Å². The van der Waals surface area contributed by atoms with E-state index in [1.165, 1.54) is 12.5 Å². The Hall–Kier alpha value is -1.51. The van der Waals surface area contributed by atoms with Crippen LogP contribution in [0.4, 0.5) is 0 Å². The van der Waals surface area contributed by atoms with Crippen LogP contribution in [0.3, 0.4) is 0 Å². The Morgan fingerprint density at radius 2 is 1.43 bits per heavy atom. The van der Waals surface area contributed by atoms with Crippen LogP contribution in [-0.4, -0.2) is 196 Å². The number of ether oxygens (including phenoxy) is 6. The Kier molecular flexibility index (Phi) is 14.6. The molecule has 0 radical (unpaired) electrons. The normalized spacial score (nSPS) is 55.2. The highest BCUT2D eigenvalue weighted by Crippen LogP contribution is 2.70. The molecule has 21 unspecified atom stereocenters. The van der Waals surface area contributed by atoms with Gasteiger partial charge < -0.3 is 94.8 Å². The van der Waals surface area contributed by atoms with E-state index in [1.807, 2.05) is 6.92 Å².